The van der Waals surface area contributed by atoms with Crippen LogP contribution in [0, 0.1) is 11.8 Å². The van der Waals surface area contributed by atoms with Gasteiger partial charge in [0.05, 0.1) is 0 Å². The first-order valence-corrected chi connectivity index (χ1v) is 8.00. The topological polar surface area (TPSA) is 12.0 Å². The van der Waals surface area contributed by atoms with Crippen molar-refractivity contribution in [2.45, 2.75) is 58.9 Å². The van der Waals surface area contributed by atoms with Crippen molar-refractivity contribution in [2.24, 2.45) is 11.8 Å². The Labute approximate surface area is 118 Å². The SMILES string of the molecule is CCNC(c1ccc(C(C)CC)cc1)C(C)C1CC1. The molecule has 19 heavy (non-hydrogen) atoms. The molecule has 0 spiro atoms. The van der Waals surface area contributed by atoms with Crippen molar-refractivity contribution in [2.75, 3.05) is 6.54 Å². The Kier molecular flexibility index (Phi) is 5.04. The summed E-state index contributed by atoms with van der Waals surface area (Å²) in [6, 6.07) is 9.87. The lowest BCUT2D eigenvalue weighted by Crippen LogP contribution is -2.27. The molecule has 106 valence electrons. The lowest BCUT2D eigenvalue weighted by Gasteiger charge is -2.25. The molecular weight excluding hydrogens is 230 g/mol. The highest BCUT2D eigenvalue weighted by Gasteiger charge is 2.33. The fraction of sp³-hybridized carbons (Fsp3) is 0.667. The van der Waals surface area contributed by atoms with Crippen LogP contribution in [0.4, 0.5) is 0 Å². The first-order valence-electron chi connectivity index (χ1n) is 8.00. The van der Waals surface area contributed by atoms with E-state index < -0.39 is 0 Å². The predicted molar refractivity (Wildman–Crippen MR) is 83.5 cm³/mol. The maximum absolute atomic E-state index is 3.68. The Balaban J connectivity index is 2.12. The van der Waals surface area contributed by atoms with Gasteiger partial charge in [0.25, 0.3) is 0 Å². The largest absolute Gasteiger partial charge is 0.310 e. The summed E-state index contributed by atoms with van der Waals surface area (Å²) in [6.45, 7) is 10.2. The zero-order valence-corrected chi connectivity index (χ0v) is 12.9. The summed E-state index contributed by atoms with van der Waals surface area (Å²) < 4.78 is 0. The molecule has 0 radical (unpaired) electrons. The Morgan fingerprint density at radius 3 is 2.11 bits per heavy atom. The molecule has 1 saturated carbocycles. The first-order chi connectivity index (χ1) is 9.17. The highest BCUT2D eigenvalue weighted by atomic mass is 14.9. The van der Waals surface area contributed by atoms with Crippen LogP contribution in [0.5, 0.6) is 0 Å². The van der Waals surface area contributed by atoms with Gasteiger partial charge >= 0.3 is 0 Å². The van der Waals surface area contributed by atoms with Crippen molar-refractivity contribution in [3.05, 3.63) is 35.4 Å². The molecule has 0 heterocycles. The summed E-state index contributed by atoms with van der Waals surface area (Å²) in [5.74, 6) is 2.38. The zero-order valence-electron chi connectivity index (χ0n) is 12.9. The van der Waals surface area contributed by atoms with E-state index in [1.165, 1.54) is 30.4 Å². The van der Waals surface area contributed by atoms with Gasteiger partial charge in [-0.2, -0.15) is 0 Å². The maximum Gasteiger partial charge on any atom is 0.0348 e. The second-order valence-electron chi connectivity index (χ2n) is 6.21. The summed E-state index contributed by atoms with van der Waals surface area (Å²) in [5, 5.41) is 3.68. The van der Waals surface area contributed by atoms with E-state index in [2.05, 4.69) is 57.3 Å². The van der Waals surface area contributed by atoms with Gasteiger partial charge in [-0.1, -0.05) is 52.0 Å². The van der Waals surface area contributed by atoms with Gasteiger partial charge in [0.2, 0.25) is 0 Å². The van der Waals surface area contributed by atoms with Crippen LogP contribution in [-0.2, 0) is 0 Å². The van der Waals surface area contributed by atoms with Crippen molar-refractivity contribution in [3.8, 4) is 0 Å². The zero-order chi connectivity index (χ0) is 13.8. The predicted octanol–water partition coefficient (Wildman–Crippen LogP) is 4.90. The number of hydrogen-bond acceptors (Lipinski definition) is 1. The standard InChI is InChI=1S/C18H29N/c1-5-13(3)15-7-11-17(12-8-15)18(19-6-2)14(4)16-9-10-16/h7-8,11-14,16,18-19H,5-6,9-10H2,1-4H3. The van der Waals surface area contributed by atoms with Crippen LogP contribution in [0.1, 0.15) is 70.0 Å². The molecule has 0 saturated heterocycles. The van der Waals surface area contributed by atoms with E-state index in [4.69, 9.17) is 0 Å². The van der Waals surface area contributed by atoms with Crippen molar-refractivity contribution >= 4 is 0 Å². The number of nitrogens with one attached hydrogen (secondary N) is 1. The summed E-state index contributed by atoms with van der Waals surface area (Å²) in [5.41, 5.74) is 2.94. The Morgan fingerprint density at radius 2 is 1.63 bits per heavy atom. The quantitative estimate of drug-likeness (QED) is 0.734. The molecule has 2 rings (SSSR count). The average Bonchev–Trinajstić information content (AvgIpc) is 3.28. The molecule has 0 bridgehead atoms. The van der Waals surface area contributed by atoms with E-state index in [0.29, 0.717) is 12.0 Å². The molecule has 1 fully saturated rings. The van der Waals surface area contributed by atoms with E-state index in [9.17, 15) is 0 Å². The van der Waals surface area contributed by atoms with Gasteiger partial charge < -0.3 is 5.32 Å². The molecule has 1 aliphatic carbocycles. The summed E-state index contributed by atoms with van der Waals surface area (Å²) in [6.07, 6.45) is 4.07. The minimum Gasteiger partial charge on any atom is -0.310 e. The van der Waals surface area contributed by atoms with E-state index in [-0.39, 0.29) is 0 Å². The van der Waals surface area contributed by atoms with Crippen LogP contribution in [0.25, 0.3) is 0 Å². The molecule has 1 nitrogen and oxygen atoms in total. The number of benzene rings is 1. The minimum atomic E-state index is 0.531. The molecule has 1 aliphatic rings. The van der Waals surface area contributed by atoms with Crippen molar-refractivity contribution < 1.29 is 0 Å². The summed E-state index contributed by atoms with van der Waals surface area (Å²) in [4.78, 5) is 0. The van der Waals surface area contributed by atoms with E-state index in [1.54, 1.807) is 0 Å². The van der Waals surface area contributed by atoms with Gasteiger partial charge in [0.1, 0.15) is 0 Å². The molecule has 1 N–H and O–H groups in total. The average molecular weight is 259 g/mol. The van der Waals surface area contributed by atoms with Crippen LogP contribution in [0.3, 0.4) is 0 Å². The van der Waals surface area contributed by atoms with Crippen molar-refractivity contribution in [1.82, 2.24) is 5.32 Å². The van der Waals surface area contributed by atoms with E-state index >= 15 is 0 Å². The third-order valence-electron chi connectivity index (χ3n) is 4.79. The summed E-state index contributed by atoms with van der Waals surface area (Å²) in [7, 11) is 0. The molecule has 1 aromatic carbocycles. The highest BCUT2D eigenvalue weighted by Crippen LogP contribution is 2.42. The van der Waals surface area contributed by atoms with Crippen LogP contribution >= 0.6 is 0 Å². The lowest BCUT2D eigenvalue weighted by molar-refractivity contribution is 0.355. The number of hydrogen-bond donors (Lipinski definition) is 1. The normalized spacial score (nSPS) is 20.0. The van der Waals surface area contributed by atoms with Gasteiger partial charge in [-0.25, -0.2) is 0 Å². The second-order valence-corrected chi connectivity index (χ2v) is 6.21. The van der Waals surface area contributed by atoms with Gasteiger partial charge in [-0.3, -0.25) is 0 Å². The second kappa shape index (κ2) is 6.56. The number of rotatable bonds is 7. The third-order valence-corrected chi connectivity index (χ3v) is 4.79. The molecular formula is C18H29N. The Morgan fingerprint density at radius 1 is 1.05 bits per heavy atom. The van der Waals surface area contributed by atoms with Crippen LogP contribution in [-0.4, -0.2) is 6.54 Å². The molecule has 0 aliphatic heterocycles. The minimum absolute atomic E-state index is 0.531. The van der Waals surface area contributed by atoms with Crippen molar-refractivity contribution in [3.63, 3.8) is 0 Å². The van der Waals surface area contributed by atoms with Crippen LogP contribution in [0.2, 0.25) is 0 Å². The van der Waals surface area contributed by atoms with E-state index in [1.807, 2.05) is 0 Å². The highest BCUT2D eigenvalue weighted by molar-refractivity contribution is 5.27. The lowest BCUT2D eigenvalue weighted by atomic mass is 9.89. The first kappa shape index (κ1) is 14.6. The van der Waals surface area contributed by atoms with Gasteiger partial charge in [-0.15, -0.1) is 0 Å². The third kappa shape index (κ3) is 3.60. The maximum atomic E-state index is 3.68. The van der Waals surface area contributed by atoms with Gasteiger partial charge in [-0.05, 0) is 54.7 Å². The Bertz CT molecular complexity index is 377. The molecule has 1 heteroatoms. The Hall–Kier alpha value is -0.820. The van der Waals surface area contributed by atoms with Crippen LogP contribution in [0.15, 0.2) is 24.3 Å². The smallest absolute Gasteiger partial charge is 0.0348 e. The van der Waals surface area contributed by atoms with Gasteiger partial charge in [0.15, 0.2) is 0 Å². The van der Waals surface area contributed by atoms with E-state index in [0.717, 1.165) is 18.4 Å². The summed E-state index contributed by atoms with van der Waals surface area (Å²) >= 11 is 0. The molecule has 0 amide bonds. The molecule has 0 aromatic heterocycles. The molecule has 3 unspecified atom stereocenters. The monoisotopic (exact) mass is 259 g/mol. The molecule has 3 atom stereocenters. The van der Waals surface area contributed by atoms with Crippen molar-refractivity contribution in [1.29, 1.82) is 0 Å². The fourth-order valence-corrected chi connectivity index (χ4v) is 2.99. The molecule has 1 aromatic rings. The van der Waals surface area contributed by atoms with Crippen LogP contribution < -0.4 is 5.32 Å². The van der Waals surface area contributed by atoms with Gasteiger partial charge in [0, 0.05) is 6.04 Å². The fourth-order valence-electron chi connectivity index (χ4n) is 2.99.